The zero-order valence-corrected chi connectivity index (χ0v) is 7.50. The SMILES string of the molecule is C#CC(CC)NCCSC. The Morgan fingerprint density at radius 2 is 2.40 bits per heavy atom. The summed E-state index contributed by atoms with van der Waals surface area (Å²) in [6.07, 6.45) is 8.36. The zero-order valence-electron chi connectivity index (χ0n) is 6.68. The van der Waals surface area contributed by atoms with Gasteiger partial charge in [0.1, 0.15) is 0 Å². The van der Waals surface area contributed by atoms with Crippen molar-refractivity contribution in [3.05, 3.63) is 0 Å². The number of rotatable bonds is 5. The molecule has 0 saturated heterocycles. The summed E-state index contributed by atoms with van der Waals surface area (Å²) in [6.45, 7) is 3.11. The van der Waals surface area contributed by atoms with Crippen LogP contribution in [0.3, 0.4) is 0 Å². The minimum Gasteiger partial charge on any atom is -0.303 e. The highest BCUT2D eigenvalue weighted by atomic mass is 32.2. The normalized spacial score (nSPS) is 12.5. The van der Waals surface area contributed by atoms with Gasteiger partial charge in [-0.25, -0.2) is 0 Å². The molecule has 2 heteroatoms. The summed E-state index contributed by atoms with van der Waals surface area (Å²) in [6, 6.07) is 0.271. The first-order valence-electron chi connectivity index (χ1n) is 3.53. The third kappa shape index (κ3) is 4.72. The first-order chi connectivity index (χ1) is 4.85. The Labute approximate surface area is 68.0 Å². The van der Waals surface area contributed by atoms with E-state index in [1.54, 1.807) is 0 Å². The van der Waals surface area contributed by atoms with E-state index in [1.165, 1.54) is 0 Å². The van der Waals surface area contributed by atoms with Gasteiger partial charge in [-0.15, -0.1) is 6.42 Å². The molecule has 0 radical (unpaired) electrons. The maximum absolute atomic E-state index is 5.25. The lowest BCUT2D eigenvalue weighted by atomic mass is 10.2. The van der Waals surface area contributed by atoms with Crippen molar-refractivity contribution in [2.24, 2.45) is 0 Å². The van der Waals surface area contributed by atoms with E-state index in [-0.39, 0.29) is 6.04 Å². The molecule has 0 aliphatic carbocycles. The Morgan fingerprint density at radius 3 is 2.80 bits per heavy atom. The molecule has 1 nitrogen and oxygen atoms in total. The van der Waals surface area contributed by atoms with Gasteiger partial charge in [-0.2, -0.15) is 11.8 Å². The highest BCUT2D eigenvalue weighted by Gasteiger charge is 1.97. The van der Waals surface area contributed by atoms with Gasteiger partial charge in [-0.05, 0) is 12.7 Å². The summed E-state index contributed by atoms with van der Waals surface area (Å²) in [7, 11) is 0. The van der Waals surface area contributed by atoms with Gasteiger partial charge in [0, 0.05) is 12.3 Å². The van der Waals surface area contributed by atoms with Crippen LogP contribution in [0.4, 0.5) is 0 Å². The monoisotopic (exact) mass is 157 g/mol. The summed E-state index contributed by atoms with van der Waals surface area (Å²) in [5.41, 5.74) is 0. The molecule has 0 aromatic rings. The van der Waals surface area contributed by atoms with Crippen molar-refractivity contribution < 1.29 is 0 Å². The maximum atomic E-state index is 5.25. The van der Waals surface area contributed by atoms with Crippen molar-refractivity contribution in [1.29, 1.82) is 0 Å². The molecule has 58 valence electrons. The molecule has 1 atom stereocenters. The minimum absolute atomic E-state index is 0.271. The zero-order chi connectivity index (χ0) is 7.82. The molecule has 0 spiro atoms. The Balaban J connectivity index is 3.20. The Kier molecular flexibility index (Phi) is 6.89. The molecule has 0 saturated carbocycles. The van der Waals surface area contributed by atoms with Crippen molar-refractivity contribution in [2.75, 3.05) is 18.6 Å². The maximum Gasteiger partial charge on any atom is 0.0684 e. The Hall–Kier alpha value is -0.130. The molecule has 1 unspecified atom stereocenters. The number of terminal acetylenes is 1. The fourth-order valence-corrected chi connectivity index (χ4v) is 0.978. The second-order valence-electron chi connectivity index (χ2n) is 2.07. The number of thioether (sulfide) groups is 1. The van der Waals surface area contributed by atoms with Gasteiger partial charge in [0.05, 0.1) is 6.04 Å². The molecule has 0 fully saturated rings. The Bertz CT molecular complexity index is 106. The van der Waals surface area contributed by atoms with Gasteiger partial charge in [0.25, 0.3) is 0 Å². The summed E-state index contributed by atoms with van der Waals surface area (Å²) >= 11 is 1.83. The van der Waals surface area contributed by atoms with Gasteiger partial charge >= 0.3 is 0 Å². The number of hydrogen-bond acceptors (Lipinski definition) is 2. The van der Waals surface area contributed by atoms with Crippen LogP contribution < -0.4 is 5.32 Å². The molecule has 0 aromatic heterocycles. The number of hydrogen-bond donors (Lipinski definition) is 1. The van der Waals surface area contributed by atoms with Crippen molar-refractivity contribution in [3.63, 3.8) is 0 Å². The van der Waals surface area contributed by atoms with Crippen molar-refractivity contribution >= 4 is 11.8 Å². The second-order valence-corrected chi connectivity index (χ2v) is 3.06. The van der Waals surface area contributed by atoms with Crippen molar-refractivity contribution in [3.8, 4) is 12.3 Å². The van der Waals surface area contributed by atoms with E-state index >= 15 is 0 Å². The van der Waals surface area contributed by atoms with Crippen LogP contribution in [-0.4, -0.2) is 24.6 Å². The van der Waals surface area contributed by atoms with E-state index in [2.05, 4.69) is 24.4 Å². The molecule has 0 bridgehead atoms. The molecule has 0 amide bonds. The van der Waals surface area contributed by atoms with E-state index in [9.17, 15) is 0 Å². The van der Waals surface area contributed by atoms with Crippen molar-refractivity contribution in [1.82, 2.24) is 5.32 Å². The molecular formula is C8H15NS. The van der Waals surface area contributed by atoms with Crippen LogP contribution in [0.15, 0.2) is 0 Å². The van der Waals surface area contributed by atoms with Gasteiger partial charge in [-0.1, -0.05) is 12.8 Å². The molecule has 10 heavy (non-hydrogen) atoms. The summed E-state index contributed by atoms with van der Waals surface area (Å²) in [5, 5.41) is 3.26. The minimum atomic E-state index is 0.271. The lowest BCUT2D eigenvalue weighted by Crippen LogP contribution is -2.28. The van der Waals surface area contributed by atoms with Crippen LogP contribution in [0.25, 0.3) is 0 Å². The Morgan fingerprint density at radius 1 is 1.70 bits per heavy atom. The average Bonchev–Trinajstić information content (AvgIpc) is 1.99. The van der Waals surface area contributed by atoms with Crippen molar-refractivity contribution in [2.45, 2.75) is 19.4 Å². The predicted molar refractivity (Wildman–Crippen MR) is 49.3 cm³/mol. The fraction of sp³-hybridized carbons (Fsp3) is 0.750. The molecule has 1 N–H and O–H groups in total. The molecule has 0 aliphatic heterocycles. The highest BCUT2D eigenvalue weighted by molar-refractivity contribution is 7.98. The van der Waals surface area contributed by atoms with Crippen LogP contribution in [0, 0.1) is 12.3 Å². The molecule has 0 rings (SSSR count). The van der Waals surface area contributed by atoms with Crippen LogP contribution >= 0.6 is 11.8 Å². The lowest BCUT2D eigenvalue weighted by Gasteiger charge is -2.08. The lowest BCUT2D eigenvalue weighted by molar-refractivity contribution is 0.618. The van der Waals surface area contributed by atoms with Gasteiger partial charge in [0.2, 0.25) is 0 Å². The number of nitrogens with one attached hydrogen (secondary N) is 1. The molecule has 0 aliphatic rings. The summed E-state index contributed by atoms with van der Waals surface area (Å²) in [5.74, 6) is 3.83. The summed E-state index contributed by atoms with van der Waals surface area (Å²) < 4.78 is 0. The smallest absolute Gasteiger partial charge is 0.0684 e. The van der Waals surface area contributed by atoms with Crippen LogP contribution in [0.2, 0.25) is 0 Å². The van der Waals surface area contributed by atoms with Crippen LogP contribution in [-0.2, 0) is 0 Å². The first kappa shape index (κ1) is 9.87. The third-order valence-corrected chi connectivity index (χ3v) is 1.92. The van der Waals surface area contributed by atoms with E-state index < -0.39 is 0 Å². The van der Waals surface area contributed by atoms with Gasteiger partial charge < -0.3 is 5.32 Å². The predicted octanol–water partition coefficient (Wildman–Crippen LogP) is 1.35. The van der Waals surface area contributed by atoms with E-state index in [1.807, 2.05) is 11.8 Å². The average molecular weight is 157 g/mol. The van der Waals surface area contributed by atoms with Gasteiger partial charge in [-0.3, -0.25) is 0 Å². The summed E-state index contributed by atoms with van der Waals surface area (Å²) in [4.78, 5) is 0. The third-order valence-electron chi connectivity index (χ3n) is 1.31. The van der Waals surface area contributed by atoms with Crippen LogP contribution in [0.5, 0.6) is 0 Å². The molecular weight excluding hydrogens is 142 g/mol. The topological polar surface area (TPSA) is 12.0 Å². The van der Waals surface area contributed by atoms with E-state index in [0.29, 0.717) is 0 Å². The molecule has 0 heterocycles. The van der Waals surface area contributed by atoms with Crippen LogP contribution in [0.1, 0.15) is 13.3 Å². The largest absolute Gasteiger partial charge is 0.303 e. The second kappa shape index (κ2) is 6.98. The molecule has 0 aromatic carbocycles. The first-order valence-corrected chi connectivity index (χ1v) is 4.93. The van der Waals surface area contributed by atoms with Gasteiger partial charge in [0.15, 0.2) is 0 Å². The highest BCUT2D eigenvalue weighted by Crippen LogP contribution is 1.91. The van der Waals surface area contributed by atoms with E-state index in [4.69, 9.17) is 6.42 Å². The van der Waals surface area contributed by atoms with E-state index in [0.717, 1.165) is 18.7 Å². The quantitative estimate of drug-likeness (QED) is 0.477. The fourth-order valence-electron chi connectivity index (χ4n) is 0.656. The standard InChI is InChI=1S/C8H15NS/c1-4-8(5-2)9-6-7-10-3/h1,8-9H,5-7H2,2-3H3.